The van der Waals surface area contributed by atoms with Crippen LogP contribution in [0.4, 0.5) is 4.79 Å². The predicted molar refractivity (Wildman–Crippen MR) is 90.0 cm³/mol. The highest BCUT2D eigenvalue weighted by Gasteiger charge is 2.48. The number of carbonyl (C=O) groups excluding carboxylic acids is 2. The molecule has 0 aromatic heterocycles. The third-order valence-electron chi connectivity index (χ3n) is 5.83. The molecule has 2 aliphatic carbocycles. The van der Waals surface area contributed by atoms with Crippen molar-refractivity contribution in [2.75, 3.05) is 19.6 Å². The molecule has 3 amide bonds. The van der Waals surface area contributed by atoms with Gasteiger partial charge in [0.2, 0.25) is 5.91 Å². The standard InChI is InChI=1S/C18H31N3O2/c1-13(2)20-17(23)21-11-15(10-19-16(22)14-6-7-14)18(12-21)8-4-3-5-9-18/h13-15H,3-12H2,1-2H3,(H,19,22)(H,20,23). The molecule has 3 fully saturated rings. The Hall–Kier alpha value is -1.26. The van der Waals surface area contributed by atoms with Gasteiger partial charge in [0.15, 0.2) is 0 Å². The van der Waals surface area contributed by atoms with Crippen molar-refractivity contribution in [3.8, 4) is 0 Å². The Morgan fingerprint density at radius 2 is 1.87 bits per heavy atom. The maximum absolute atomic E-state index is 12.4. The second-order valence-corrected chi connectivity index (χ2v) is 8.12. The van der Waals surface area contributed by atoms with E-state index in [0.717, 1.165) is 32.5 Å². The average Bonchev–Trinajstić information content (AvgIpc) is 3.30. The Morgan fingerprint density at radius 3 is 2.48 bits per heavy atom. The summed E-state index contributed by atoms with van der Waals surface area (Å²) in [7, 11) is 0. The second kappa shape index (κ2) is 6.70. The molecule has 23 heavy (non-hydrogen) atoms. The van der Waals surface area contributed by atoms with Crippen LogP contribution >= 0.6 is 0 Å². The van der Waals surface area contributed by atoms with E-state index in [9.17, 15) is 9.59 Å². The van der Waals surface area contributed by atoms with Crippen LogP contribution in [0.1, 0.15) is 58.8 Å². The minimum atomic E-state index is 0.0565. The second-order valence-electron chi connectivity index (χ2n) is 8.12. The topological polar surface area (TPSA) is 61.4 Å². The maximum Gasteiger partial charge on any atom is 0.317 e. The number of amides is 3. The van der Waals surface area contributed by atoms with E-state index in [1.807, 2.05) is 18.7 Å². The molecule has 1 atom stereocenters. The first-order valence-electron chi connectivity index (χ1n) is 9.33. The van der Waals surface area contributed by atoms with Crippen LogP contribution in [-0.2, 0) is 4.79 Å². The molecule has 1 unspecified atom stereocenters. The van der Waals surface area contributed by atoms with Crippen LogP contribution < -0.4 is 10.6 Å². The lowest BCUT2D eigenvalue weighted by molar-refractivity contribution is -0.122. The Kier molecular flexibility index (Phi) is 4.83. The summed E-state index contributed by atoms with van der Waals surface area (Å²) in [5, 5.41) is 6.18. The summed E-state index contributed by atoms with van der Waals surface area (Å²) in [5.74, 6) is 0.892. The van der Waals surface area contributed by atoms with Crippen molar-refractivity contribution < 1.29 is 9.59 Å². The van der Waals surface area contributed by atoms with Crippen molar-refractivity contribution in [1.29, 1.82) is 0 Å². The number of rotatable bonds is 4. The fourth-order valence-electron chi connectivity index (χ4n) is 4.34. The average molecular weight is 321 g/mol. The first kappa shape index (κ1) is 16.6. The summed E-state index contributed by atoms with van der Waals surface area (Å²) >= 11 is 0. The van der Waals surface area contributed by atoms with Crippen LogP contribution in [0.3, 0.4) is 0 Å². The summed E-state index contributed by atoms with van der Waals surface area (Å²) in [6, 6.07) is 0.222. The van der Waals surface area contributed by atoms with E-state index < -0.39 is 0 Å². The zero-order valence-electron chi connectivity index (χ0n) is 14.6. The Morgan fingerprint density at radius 1 is 1.17 bits per heavy atom. The fourth-order valence-corrected chi connectivity index (χ4v) is 4.34. The van der Waals surface area contributed by atoms with Crippen molar-refractivity contribution in [3.63, 3.8) is 0 Å². The molecule has 5 heteroatoms. The molecular formula is C18H31N3O2. The maximum atomic E-state index is 12.4. The largest absolute Gasteiger partial charge is 0.355 e. The van der Waals surface area contributed by atoms with Gasteiger partial charge in [-0.25, -0.2) is 4.79 Å². The quantitative estimate of drug-likeness (QED) is 0.836. The first-order chi connectivity index (χ1) is 11.0. The Labute approximate surface area is 139 Å². The van der Waals surface area contributed by atoms with Gasteiger partial charge in [-0.05, 0) is 44.9 Å². The van der Waals surface area contributed by atoms with Gasteiger partial charge in [-0.2, -0.15) is 0 Å². The molecule has 1 aliphatic heterocycles. The number of nitrogens with one attached hydrogen (secondary N) is 2. The summed E-state index contributed by atoms with van der Waals surface area (Å²) < 4.78 is 0. The third kappa shape index (κ3) is 3.81. The molecule has 0 radical (unpaired) electrons. The van der Waals surface area contributed by atoms with Crippen LogP contribution in [0.25, 0.3) is 0 Å². The lowest BCUT2D eigenvalue weighted by atomic mass is 9.67. The van der Waals surface area contributed by atoms with Gasteiger partial charge in [0, 0.05) is 37.5 Å². The number of carbonyl (C=O) groups is 2. The number of hydrogen-bond acceptors (Lipinski definition) is 2. The van der Waals surface area contributed by atoms with Crippen molar-refractivity contribution in [2.24, 2.45) is 17.3 Å². The summed E-state index contributed by atoms with van der Waals surface area (Å²) in [4.78, 5) is 26.4. The van der Waals surface area contributed by atoms with E-state index in [4.69, 9.17) is 0 Å². The summed E-state index contributed by atoms with van der Waals surface area (Å²) in [6.45, 7) is 6.37. The molecule has 1 spiro atoms. The van der Waals surface area contributed by atoms with Crippen LogP contribution in [0.2, 0.25) is 0 Å². The number of hydrogen-bond donors (Lipinski definition) is 2. The van der Waals surface area contributed by atoms with E-state index in [1.54, 1.807) is 0 Å². The smallest absolute Gasteiger partial charge is 0.317 e. The van der Waals surface area contributed by atoms with Crippen molar-refractivity contribution in [3.05, 3.63) is 0 Å². The fraction of sp³-hybridized carbons (Fsp3) is 0.889. The van der Waals surface area contributed by atoms with Gasteiger partial charge in [-0.3, -0.25) is 4.79 Å². The first-order valence-corrected chi connectivity index (χ1v) is 9.33. The molecule has 130 valence electrons. The molecule has 1 saturated heterocycles. The van der Waals surface area contributed by atoms with Crippen LogP contribution in [0, 0.1) is 17.3 Å². The van der Waals surface area contributed by atoms with Crippen molar-refractivity contribution in [2.45, 2.75) is 64.8 Å². The van der Waals surface area contributed by atoms with Gasteiger partial charge in [-0.1, -0.05) is 19.3 Å². The molecule has 0 bridgehead atoms. The SMILES string of the molecule is CC(C)NC(=O)N1CC(CNC(=O)C2CC2)C2(CCCCC2)C1. The lowest BCUT2D eigenvalue weighted by Crippen LogP contribution is -2.42. The number of nitrogens with zero attached hydrogens (tertiary/aromatic N) is 1. The van der Waals surface area contributed by atoms with Gasteiger partial charge >= 0.3 is 6.03 Å². The van der Waals surface area contributed by atoms with Crippen LogP contribution in [0.15, 0.2) is 0 Å². The zero-order chi connectivity index (χ0) is 16.4. The molecule has 3 rings (SSSR count). The highest BCUT2D eigenvalue weighted by atomic mass is 16.2. The van der Waals surface area contributed by atoms with E-state index >= 15 is 0 Å². The lowest BCUT2D eigenvalue weighted by Gasteiger charge is -2.38. The normalized spacial score (nSPS) is 26.6. The van der Waals surface area contributed by atoms with Crippen molar-refractivity contribution >= 4 is 11.9 Å². The van der Waals surface area contributed by atoms with Gasteiger partial charge in [0.1, 0.15) is 0 Å². The van der Waals surface area contributed by atoms with Gasteiger partial charge in [0.05, 0.1) is 0 Å². The van der Waals surface area contributed by atoms with E-state index in [0.29, 0.717) is 5.92 Å². The van der Waals surface area contributed by atoms with Crippen LogP contribution in [-0.4, -0.2) is 42.5 Å². The highest BCUT2D eigenvalue weighted by Crippen LogP contribution is 2.47. The molecule has 5 nitrogen and oxygen atoms in total. The Balaban J connectivity index is 1.63. The summed E-state index contributed by atoms with van der Waals surface area (Å²) in [6.07, 6.45) is 8.31. The Bertz CT molecular complexity index is 453. The van der Waals surface area contributed by atoms with E-state index in [2.05, 4.69) is 10.6 Å². The van der Waals surface area contributed by atoms with Gasteiger partial charge in [0.25, 0.3) is 0 Å². The minimum Gasteiger partial charge on any atom is -0.355 e. The van der Waals surface area contributed by atoms with Gasteiger partial charge in [-0.15, -0.1) is 0 Å². The molecule has 2 saturated carbocycles. The van der Waals surface area contributed by atoms with Crippen molar-refractivity contribution in [1.82, 2.24) is 15.5 Å². The molecule has 0 aromatic carbocycles. The van der Waals surface area contributed by atoms with E-state index in [-0.39, 0.29) is 29.3 Å². The number of likely N-dealkylation sites (tertiary alicyclic amines) is 1. The molecule has 2 N–H and O–H groups in total. The predicted octanol–water partition coefficient (Wildman–Crippen LogP) is 2.51. The minimum absolute atomic E-state index is 0.0565. The van der Waals surface area contributed by atoms with Crippen LogP contribution in [0.5, 0.6) is 0 Å². The zero-order valence-corrected chi connectivity index (χ0v) is 14.6. The molecule has 0 aromatic rings. The monoisotopic (exact) mass is 321 g/mol. The third-order valence-corrected chi connectivity index (χ3v) is 5.83. The summed E-state index contributed by atoms with van der Waals surface area (Å²) in [5.41, 5.74) is 0.226. The molecular weight excluding hydrogens is 290 g/mol. The van der Waals surface area contributed by atoms with Gasteiger partial charge < -0.3 is 15.5 Å². The highest BCUT2D eigenvalue weighted by molar-refractivity contribution is 5.80. The molecule has 1 heterocycles. The van der Waals surface area contributed by atoms with E-state index in [1.165, 1.54) is 32.1 Å². The molecule has 3 aliphatic rings. The number of urea groups is 1.